The van der Waals surface area contributed by atoms with Crippen molar-refractivity contribution in [2.45, 2.75) is 64.1 Å². The van der Waals surface area contributed by atoms with Crippen molar-refractivity contribution < 1.29 is 14.3 Å². The summed E-state index contributed by atoms with van der Waals surface area (Å²) < 4.78 is 11.7. The lowest BCUT2D eigenvalue weighted by Crippen LogP contribution is -2.52. The van der Waals surface area contributed by atoms with Crippen LogP contribution in [-0.4, -0.2) is 50.7 Å². The topological polar surface area (TPSA) is 41.9 Å². The highest BCUT2D eigenvalue weighted by Crippen LogP contribution is 2.38. The molecule has 24 heavy (non-hydrogen) atoms. The van der Waals surface area contributed by atoms with Gasteiger partial charge in [0.15, 0.2) is 8.32 Å². The number of hydrogen-bond donors (Lipinski definition) is 1. The van der Waals surface area contributed by atoms with Crippen LogP contribution in [0.1, 0.15) is 32.8 Å². The highest BCUT2D eigenvalue weighted by molar-refractivity contribution is 6.74. The number of piperidine rings is 1. The largest absolute Gasteiger partial charge is 0.497 e. The van der Waals surface area contributed by atoms with Crippen LogP contribution in [0.4, 0.5) is 0 Å². The van der Waals surface area contributed by atoms with Crippen LogP contribution >= 0.6 is 0 Å². The summed E-state index contributed by atoms with van der Waals surface area (Å²) >= 11 is 0. The molecule has 1 N–H and O–H groups in total. The van der Waals surface area contributed by atoms with Crippen molar-refractivity contribution in [3.8, 4) is 5.75 Å². The number of hydrogen-bond acceptors (Lipinski definition) is 4. The van der Waals surface area contributed by atoms with E-state index in [-0.39, 0.29) is 17.2 Å². The second-order valence-electron chi connectivity index (χ2n) is 8.43. The first-order chi connectivity index (χ1) is 11.1. The molecule has 1 fully saturated rings. The maximum Gasteiger partial charge on any atom is 0.192 e. The van der Waals surface area contributed by atoms with Crippen molar-refractivity contribution in [3.63, 3.8) is 0 Å². The molecular formula is C19H33NO3Si. The zero-order valence-electron chi connectivity index (χ0n) is 16.0. The standard InChI is InChI=1S/C19H33NO3Si/c1-19(2,3)24(5,6)23-18-11-16(21)13-20(14-18)12-15-7-9-17(22-4)10-8-15/h7-10,16,18,21H,11-14H2,1-6H3/t16?,18-/m1/s1. The van der Waals surface area contributed by atoms with Gasteiger partial charge in [-0.2, -0.15) is 0 Å². The van der Waals surface area contributed by atoms with E-state index in [4.69, 9.17) is 9.16 Å². The Morgan fingerprint density at radius 1 is 1.17 bits per heavy atom. The van der Waals surface area contributed by atoms with Crippen LogP contribution in [-0.2, 0) is 11.0 Å². The molecule has 1 aliphatic heterocycles. The van der Waals surface area contributed by atoms with Crippen LogP contribution in [0.5, 0.6) is 5.75 Å². The predicted octanol–water partition coefficient (Wildman–Crippen LogP) is 3.65. The van der Waals surface area contributed by atoms with Crippen LogP contribution in [0.3, 0.4) is 0 Å². The highest BCUT2D eigenvalue weighted by atomic mass is 28.4. The van der Waals surface area contributed by atoms with E-state index in [2.05, 4.69) is 50.9 Å². The van der Waals surface area contributed by atoms with Gasteiger partial charge < -0.3 is 14.3 Å². The molecule has 1 heterocycles. The van der Waals surface area contributed by atoms with E-state index >= 15 is 0 Å². The Kier molecular flexibility index (Phi) is 6.12. The Labute approximate surface area is 147 Å². The third-order valence-corrected chi connectivity index (χ3v) is 9.83. The fraction of sp³-hybridized carbons (Fsp3) is 0.684. The number of aliphatic hydroxyl groups excluding tert-OH is 1. The van der Waals surface area contributed by atoms with E-state index in [1.807, 2.05) is 12.1 Å². The Morgan fingerprint density at radius 2 is 1.79 bits per heavy atom. The van der Waals surface area contributed by atoms with Gasteiger partial charge in [-0.15, -0.1) is 0 Å². The number of nitrogens with zero attached hydrogens (tertiary/aromatic N) is 1. The Bertz CT molecular complexity index is 524. The van der Waals surface area contributed by atoms with E-state index in [1.54, 1.807) is 7.11 Å². The molecule has 0 radical (unpaired) electrons. The minimum Gasteiger partial charge on any atom is -0.497 e. The first-order valence-corrected chi connectivity index (χ1v) is 11.7. The molecule has 4 nitrogen and oxygen atoms in total. The summed E-state index contributed by atoms with van der Waals surface area (Å²) in [7, 11) is -0.131. The molecule has 1 unspecified atom stereocenters. The van der Waals surface area contributed by atoms with E-state index in [0.717, 1.165) is 25.3 Å². The van der Waals surface area contributed by atoms with Crippen LogP contribution in [0, 0.1) is 0 Å². The molecule has 136 valence electrons. The molecule has 1 saturated heterocycles. The average Bonchev–Trinajstić information content (AvgIpc) is 2.45. The summed E-state index contributed by atoms with van der Waals surface area (Å²) in [5.41, 5.74) is 1.23. The molecule has 1 aromatic rings. The molecule has 2 atom stereocenters. The lowest BCUT2D eigenvalue weighted by molar-refractivity contribution is -0.00568. The molecular weight excluding hydrogens is 318 g/mol. The van der Waals surface area contributed by atoms with Gasteiger partial charge in [-0.3, -0.25) is 4.90 Å². The van der Waals surface area contributed by atoms with E-state index in [0.29, 0.717) is 6.54 Å². The Balaban J connectivity index is 1.99. The average molecular weight is 352 g/mol. The zero-order valence-corrected chi connectivity index (χ0v) is 17.0. The SMILES string of the molecule is COc1ccc(CN2CC(O)C[C@@H](O[Si](C)(C)C(C)(C)C)C2)cc1. The monoisotopic (exact) mass is 351 g/mol. The first-order valence-electron chi connectivity index (χ1n) is 8.82. The van der Waals surface area contributed by atoms with Crippen molar-refractivity contribution in [3.05, 3.63) is 29.8 Å². The van der Waals surface area contributed by atoms with Gasteiger partial charge in [-0.25, -0.2) is 0 Å². The van der Waals surface area contributed by atoms with Crippen LogP contribution in [0.15, 0.2) is 24.3 Å². The van der Waals surface area contributed by atoms with E-state index in [9.17, 15) is 5.11 Å². The second-order valence-corrected chi connectivity index (χ2v) is 13.2. The van der Waals surface area contributed by atoms with Gasteiger partial charge in [0.05, 0.1) is 19.3 Å². The van der Waals surface area contributed by atoms with Crippen LogP contribution in [0.25, 0.3) is 0 Å². The minimum atomic E-state index is -1.81. The molecule has 1 aliphatic rings. The fourth-order valence-electron chi connectivity index (χ4n) is 2.91. The number of benzene rings is 1. The molecule has 5 heteroatoms. The van der Waals surface area contributed by atoms with Crippen LogP contribution in [0.2, 0.25) is 18.1 Å². The van der Waals surface area contributed by atoms with Gasteiger partial charge >= 0.3 is 0 Å². The van der Waals surface area contributed by atoms with Gasteiger partial charge in [0.25, 0.3) is 0 Å². The Morgan fingerprint density at radius 3 is 2.33 bits per heavy atom. The fourth-order valence-corrected chi connectivity index (χ4v) is 4.27. The van der Waals surface area contributed by atoms with Crippen molar-refractivity contribution in [2.24, 2.45) is 0 Å². The Hall–Kier alpha value is -0.883. The molecule has 1 aromatic carbocycles. The van der Waals surface area contributed by atoms with Gasteiger partial charge in [0.2, 0.25) is 0 Å². The molecule has 0 spiro atoms. The molecule has 2 rings (SSSR count). The summed E-state index contributed by atoms with van der Waals surface area (Å²) in [5, 5.41) is 10.5. The molecule has 0 aromatic heterocycles. The smallest absolute Gasteiger partial charge is 0.192 e. The normalized spacial score (nSPS) is 23.3. The van der Waals surface area contributed by atoms with Crippen molar-refractivity contribution in [1.29, 1.82) is 0 Å². The second kappa shape index (κ2) is 7.56. The summed E-state index contributed by atoms with van der Waals surface area (Å²) in [5.74, 6) is 0.872. The maximum atomic E-state index is 10.3. The number of methoxy groups -OCH3 is 1. The lowest BCUT2D eigenvalue weighted by atomic mass is 10.0. The maximum absolute atomic E-state index is 10.3. The van der Waals surface area contributed by atoms with E-state index in [1.165, 1.54) is 5.56 Å². The third-order valence-electron chi connectivity index (χ3n) is 5.30. The van der Waals surface area contributed by atoms with Crippen LogP contribution < -0.4 is 4.74 Å². The van der Waals surface area contributed by atoms with Gasteiger partial charge in [0, 0.05) is 26.1 Å². The van der Waals surface area contributed by atoms with E-state index < -0.39 is 8.32 Å². The summed E-state index contributed by atoms with van der Waals surface area (Å²) in [6.07, 6.45) is 0.547. The molecule has 0 saturated carbocycles. The van der Waals surface area contributed by atoms with Crippen molar-refractivity contribution >= 4 is 8.32 Å². The first kappa shape index (κ1) is 19.4. The lowest BCUT2D eigenvalue weighted by Gasteiger charge is -2.43. The number of aliphatic hydroxyl groups is 1. The van der Waals surface area contributed by atoms with Crippen molar-refractivity contribution in [2.75, 3.05) is 20.2 Å². The number of rotatable bonds is 5. The van der Waals surface area contributed by atoms with Gasteiger partial charge in [0.1, 0.15) is 5.75 Å². The van der Waals surface area contributed by atoms with Crippen molar-refractivity contribution in [1.82, 2.24) is 4.90 Å². The highest BCUT2D eigenvalue weighted by Gasteiger charge is 2.40. The zero-order chi connectivity index (χ0) is 18.0. The summed E-state index contributed by atoms with van der Waals surface area (Å²) in [6.45, 7) is 13.8. The molecule has 0 aliphatic carbocycles. The minimum absolute atomic E-state index is 0.118. The van der Waals surface area contributed by atoms with Gasteiger partial charge in [-0.1, -0.05) is 32.9 Å². The summed E-state index contributed by atoms with van der Waals surface area (Å²) in [4.78, 5) is 2.30. The number of β-amino-alcohol motifs (C(OH)–C–C–N with tert-alkyl or cyclic N) is 1. The quantitative estimate of drug-likeness (QED) is 0.822. The predicted molar refractivity (Wildman–Crippen MR) is 101 cm³/mol. The third kappa shape index (κ3) is 5.05. The van der Waals surface area contributed by atoms with Gasteiger partial charge in [-0.05, 0) is 35.8 Å². The molecule has 0 bridgehead atoms. The molecule has 0 amide bonds. The summed E-state index contributed by atoms with van der Waals surface area (Å²) in [6, 6.07) is 8.14. The number of ether oxygens (including phenoxy) is 1. The number of likely N-dealkylation sites (tertiary alicyclic amines) is 1.